The largest absolute Gasteiger partial charge is 0.204 e. The highest BCUT2D eigenvalue weighted by atomic mass is 35.5. The highest BCUT2D eigenvalue weighted by molar-refractivity contribution is 6.20. The zero-order chi connectivity index (χ0) is 10.8. The molecule has 1 aromatic rings. The monoisotopic (exact) mass is 230 g/mol. The molecule has 1 fully saturated rings. The Labute approximate surface area is 93.2 Å². The van der Waals surface area contributed by atoms with Crippen molar-refractivity contribution in [3.63, 3.8) is 0 Å². The van der Waals surface area contributed by atoms with Gasteiger partial charge in [0, 0.05) is 5.38 Å². The van der Waals surface area contributed by atoms with Crippen molar-refractivity contribution >= 4 is 11.6 Å². The van der Waals surface area contributed by atoms with Gasteiger partial charge >= 0.3 is 0 Å². The maximum Gasteiger partial charge on any atom is 0.159 e. The van der Waals surface area contributed by atoms with Gasteiger partial charge in [-0.05, 0) is 36.5 Å². The first-order valence-electron chi connectivity index (χ1n) is 5.23. The van der Waals surface area contributed by atoms with Gasteiger partial charge in [-0.25, -0.2) is 8.78 Å². The lowest BCUT2D eigenvalue weighted by Crippen LogP contribution is -2.05. The second-order valence-electron chi connectivity index (χ2n) is 4.23. The molecule has 0 N–H and O–H groups in total. The summed E-state index contributed by atoms with van der Waals surface area (Å²) in [5.41, 5.74) is 0.773. The Morgan fingerprint density at radius 1 is 1.27 bits per heavy atom. The maximum absolute atomic E-state index is 12.9. The van der Waals surface area contributed by atoms with Crippen LogP contribution in [-0.4, -0.2) is 5.38 Å². The molecule has 0 saturated heterocycles. The third-order valence-corrected chi connectivity index (χ3v) is 3.06. The molecule has 0 radical (unpaired) electrons. The van der Waals surface area contributed by atoms with E-state index < -0.39 is 11.6 Å². The Kier molecular flexibility index (Phi) is 3.25. The summed E-state index contributed by atoms with van der Waals surface area (Å²) in [6.45, 7) is 0. The SMILES string of the molecule is Fc1ccc(CC(Cl)CC2CC2)cc1F. The van der Waals surface area contributed by atoms with E-state index in [0.717, 1.165) is 24.0 Å². The second-order valence-corrected chi connectivity index (χ2v) is 4.85. The van der Waals surface area contributed by atoms with Gasteiger partial charge in [0.1, 0.15) is 0 Å². The first-order valence-corrected chi connectivity index (χ1v) is 5.67. The highest BCUT2D eigenvalue weighted by Crippen LogP contribution is 2.35. The van der Waals surface area contributed by atoms with E-state index in [1.807, 2.05) is 0 Å². The lowest BCUT2D eigenvalue weighted by molar-refractivity contribution is 0.506. The molecule has 0 amide bonds. The fourth-order valence-electron chi connectivity index (χ4n) is 1.72. The summed E-state index contributed by atoms with van der Waals surface area (Å²) >= 11 is 6.13. The number of hydrogen-bond donors (Lipinski definition) is 0. The average molecular weight is 231 g/mol. The van der Waals surface area contributed by atoms with Crippen molar-refractivity contribution in [3.8, 4) is 0 Å². The molecule has 1 aliphatic carbocycles. The normalized spacial score (nSPS) is 17.8. The Morgan fingerprint density at radius 3 is 2.60 bits per heavy atom. The minimum atomic E-state index is -0.799. The summed E-state index contributed by atoms with van der Waals surface area (Å²) < 4.78 is 25.5. The minimum Gasteiger partial charge on any atom is -0.204 e. The van der Waals surface area contributed by atoms with Gasteiger partial charge in [0.15, 0.2) is 11.6 Å². The number of benzene rings is 1. The van der Waals surface area contributed by atoms with E-state index >= 15 is 0 Å². The summed E-state index contributed by atoms with van der Waals surface area (Å²) in [4.78, 5) is 0. The van der Waals surface area contributed by atoms with E-state index in [-0.39, 0.29) is 5.38 Å². The molecule has 0 aliphatic heterocycles. The van der Waals surface area contributed by atoms with Crippen LogP contribution in [0.5, 0.6) is 0 Å². The van der Waals surface area contributed by atoms with Gasteiger partial charge in [-0.15, -0.1) is 11.6 Å². The minimum absolute atomic E-state index is 0.0439. The molecule has 3 heteroatoms. The van der Waals surface area contributed by atoms with Crippen LogP contribution in [0.25, 0.3) is 0 Å². The van der Waals surface area contributed by atoms with E-state index in [0.29, 0.717) is 6.42 Å². The van der Waals surface area contributed by atoms with E-state index in [4.69, 9.17) is 11.6 Å². The van der Waals surface area contributed by atoms with Crippen LogP contribution >= 0.6 is 11.6 Å². The van der Waals surface area contributed by atoms with Crippen molar-refractivity contribution in [2.75, 3.05) is 0 Å². The predicted molar refractivity (Wildman–Crippen MR) is 57.0 cm³/mol. The molecule has 0 spiro atoms. The van der Waals surface area contributed by atoms with E-state index in [1.165, 1.54) is 18.9 Å². The number of rotatable bonds is 4. The van der Waals surface area contributed by atoms with Crippen molar-refractivity contribution in [1.29, 1.82) is 0 Å². The first-order chi connectivity index (χ1) is 7.15. The summed E-state index contributed by atoms with van der Waals surface area (Å²) in [7, 11) is 0. The van der Waals surface area contributed by atoms with Gasteiger partial charge in [-0.3, -0.25) is 0 Å². The van der Waals surface area contributed by atoms with Gasteiger partial charge in [-0.2, -0.15) is 0 Å². The van der Waals surface area contributed by atoms with Crippen LogP contribution in [0, 0.1) is 17.6 Å². The van der Waals surface area contributed by atoms with E-state index in [1.54, 1.807) is 6.07 Å². The molecule has 0 nitrogen and oxygen atoms in total. The molecular weight excluding hydrogens is 218 g/mol. The maximum atomic E-state index is 12.9. The molecule has 1 saturated carbocycles. The van der Waals surface area contributed by atoms with Crippen molar-refractivity contribution in [2.45, 2.75) is 31.1 Å². The van der Waals surface area contributed by atoms with Crippen LogP contribution in [-0.2, 0) is 6.42 Å². The molecule has 0 heterocycles. The van der Waals surface area contributed by atoms with Crippen LogP contribution in [0.1, 0.15) is 24.8 Å². The van der Waals surface area contributed by atoms with Gasteiger partial charge < -0.3 is 0 Å². The molecule has 1 aliphatic rings. The molecule has 1 unspecified atom stereocenters. The van der Waals surface area contributed by atoms with Crippen LogP contribution in [0.4, 0.5) is 8.78 Å². The predicted octanol–water partition coefficient (Wildman–Crippen LogP) is 3.91. The molecule has 82 valence electrons. The van der Waals surface area contributed by atoms with Crippen molar-refractivity contribution < 1.29 is 8.78 Å². The highest BCUT2D eigenvalue weighted by Gasteiger charge is 2.24. The Morgan fingerprint density at radius 2 is 2.00 bits per heavy atom. The molecule has 15 heavy (non-hydrogen) atoms. The molecule has 2 rings (SSSR count). The van der Waals surface area contributed by atoms with Crippen molar-refractivity contribution in [3.05, 3.63) is 35.4 Å². The molecule has 0 bridgehead atoms. The fraction of sp³-hybridized carbons (Fsp3) is 0.500. The third kappa shape index (κ3) is 3.16. The first kappa shape index (κ1) is 10.9. The number of halogens is 3. The van der Waals surface area contributed by atoms with Crippen LogP contribution < -0.4 is 0 Å². The summed E-state index contributed by atoms with van der Waals surface area (Å²) in [6, 6.07) is 3.99. The Hall–Kier alpha value is -0.630. The fourth-order valence-corrected chi connectivity index (χ4v) is 2.15. The Balaban J connectivity index is 1.93. The third-order valence-electron chi connectivity index (χ3n) is 2.73. The summed E-state index contributed by atoms with van der Waals surface area (Å²) in [5.74, 6) is -0.826. The summed E-state index contributed by atoms with van der Waals surface area (Å²) in [6.07, 6.45) is 4.14. The zero-order valence-electron chi connectivity index (χ0n) is 8.35. The van der Waals surface area contributed by atoms with Crippen molar-refractivity contribution in [2.24, 2.45) is 5.92 Å². The number of alkyl halides is 1. The quantitative estimate of drug-likeness (QED) is 0.688. The van der Waals surface area contributed by atoms with E-state index in [2.05, 4.69) is 0 Å². The van der Waals surface area contributed by atoms with Gasteiger partial charge in [0.05, 0.1) is 0 Å². The number of hydrogen-bond acceptors (Lipinski definition) is 0. The smallest absolute Gasteiger partial charge is 0.159 e. The second kappa shape index (κ2) is 4.48. The average Bonchev–Trinajstić information content (AvgIpc) is 2.95. The van der Waals surface area contributed by atoms with Crippen molar-refractivity contribution in [1.82, 2.24) is 0 Å². The standard InChI is InChI=1S/C12H13ClF2/c13-10(5-8-1-2-8)6-9-3-4-11(14)12(15)7-9/h3-4,7-8,10H,1-2,5-6H2. The molecular formula is C12H13ClF2. The van der Waals surface area contributed by atoms with Gasteiger partial charge in [-0.1, -0.05) is 18.9 Å². The zero-order valence-corrected chi connectivity index (χ0v) is 9.11. The lowest BCUT2D eigenvalue weighted by Gasteiger charge is -2.08. The van der Waals surface area contributed by atoms with Gasteiger partial charge in [0.2, 0.25) is 0 Å². The van der Waals surface area contributed by atoms with Gasteiger partial charge in [0.25, 0.3) is 0 Å². The molecule has 0 aromatic heterocycles. The topological polar surface area (TPSA) is 0 Å². The molecule has 1 atom stereocenters. The van der Waals surface area contributed by atoms with E-state index in [9.17, 15) is 8.78 Å². The lowest BCUT2D eigenvalue weighted by atomic mass is 10.1. The van der Waals surface area contributed by atoms with Crippen LogP contribution in [0.15, 0.2) is 18.2 Å². The van der Waals surface area contributed by atoms with Crippen LogP contribution in [0.2, 0.25) is 0 Å². The van der Waals surface area contributed by atoms with Crippen LogP contribution in [0.3, 0.4) is 0 Å². The summed E-state index contributed by atoms with van der Waals surface area (Å²) in [5, 5.41) is 0.0439. The molecule has 1 aromatic carbocycles. The Bertz CT molecular complexity index is 347.